The van der Waals surface area contributed by atoms with Gasteiger partial charge in [0.2, 0.25) is 0 Å². The summed E-state index contributed by atoms with van der Waals surface area (Å²) >= 11 is 0. The van der Waals surface area contributed by atoms with Crippen molar-refractivity contribution in [3.8, 4) is 0 Å². The maximum atomic E-state index is 12.4. The Morgan fingerprint density at radius 1 is 1.29 bits per heavy atom. The van der Waals surface area contributed by atoms with E-state index in [1.807, 2.05) is 26.0 Å². The highest BCUT2D eigenvalue weighted by molar-refractivity contribution is 5.96. The number of likely N-dealkylation sites (tertiary alicyclic amines) is 1. The first-order valence-corrected chi connectivity index (χ1v) is 7.81. The van der Waals surface area contributed by atoms with E-state index in [4.69, 9.17) is 4.74 Å². The molecule has 0 amide bonds. The molecule has 0 bridgehead atoms. The van der Waals surface area contributed by atoms with Gasteiger partial charge >= 0.3 is 0 Å². The number of benzene rings is 1. The number of aryl methyl sites for hydroxylation is 2. The highest BCUT2D eigenvalue weighted by atomic mass is 16.5. The van der Waals surface area contributed by atoms with E-state index in [0.717, 1.165) is 49.2 Å². The number of rotatable bonds is 5. The summed E-state index contributed by atoms with van der Waals surface area (Å²) in [7, 11) is 1.78. The van der Waals surface area contributed by atoms with E-state index in [1.165, 1.54) is 0 Å². The fraction of sp³-hybridized carbons (Fsp3) is 0.611. The molecule has 1 fully saturated rings. The highest BCUT2D eigenvalue weighted by Crippen LogP contribution is 2.24. The van der Waals surface area contributed by atoms with Crippen molar-refractivity contribution in [3.63, 3.8) is 0 Å². The Kier molecular flexibility index (Phi) is 5.17. The van der Waals surface area contributed by atoms with E-state index < -0.39 is 0 Å². The maximum absolute atomic E-state index is 12.4. The quantitative estimate of drug-likeness (QED) is 0.778. The molecule has 0 saturated carbocycles. The summed E-state index contributed by atoms with van der Waals surface area (Å²) in [4.78, 5) is 14.7. The number of hydrogen-bond donors (Lipinski definition) is 0. The van der Waals surface area contributed by atoms with Crippen molar-refractivity contribution in [2.75, 3.05) is 26.7 Å². The Balaban J connectivity index is 1.92. The summed E-state index contributed by atoms with van der Waals surface area (Å²) in [5, 5.41) is 0. The normalized spacial score (nSPS) is 23.2. The summed E-state index contributed by atoms with van der Waals surface area (Å²) in [6, 6.07) is 6.08. The molecule has 0 spiro atoms. The van der Waals surface area contributed by atoms with Gasteiger partial charge in [0.1, 0.15) is 0 Å². The molecule has 3 nitrogen and oxygen atoms in total. The summed E-state index contributed by atoms with van der Waals surface area (Å²) in [6.45, 7) is 9.05. The molecular formula is C18H27NO2. The fourth-order valence-corrected chi connectivity index (χ4v) is 3.20. The molecule has 116 valence electrons. The Morgan fingerprint density at radius 2 is 1.95 bits per heavy atom. The SMILES string of the molecule is COC1(C)CCCN(CCC(=O)c2cc(C)cc(C)c2)C1. The minimum atomic E-state index is -0.0543. The number of Topliss-reactive ketones (excluding diaryl/α,β-unsaturated/α-hetero) is 1. The first-order valence-electron chi connectivity index (χ1n) is 7.81. The second-order valence-electron chi connectivity index (χ2n) is 6.58. The van der Waals surface area contributed by atoms with E-state index in [9.17, 15) is 4.79 Å². The minimum Gasteiger partial charge on any atom is -0.377 e. The summed E-state index contributed by atoms with van der Waals surface area (Å²) in [5.41, 5.74) is 3.10. The van der Waals surface area contributed by atoms with Crippen LogP contribution in [0.1, 0.15) is 47.7 Å². The van der Waals surface area contributed by atoms with Crippen LogP contribution in [-0.2, 0) is 4.74 Å². The second kappa shape index (κ2) is 6.71. The van der Waals surface area contributed by atoms with Crippen molar-refractivity contribution in [2.24, 2.45) is 0 Å². The third kappa shape index (κ3) is 4.39. The molecule has 21 heavy (non-hydrogen) atoms. The van der Waals surface area contributed by atoms with E-state index in [1.54, 1.807) is 7.11 Å². The number of hydrogen-bond acceptors (Lipinski definition) is 3. The van der Waals surface area contributed by atoms with Crippen molar-refractivity contribution >= 4 is 5.78 Å². The molecule has 1 aromatic carbocycles. The Labute approximate surface area is 128 Å². The first kappa shape index (κ1) is 16.2. The smallest absolute Gasteiger partial charge is 0.164 e. The van der Waals surface area contributed by atoms with Crippen molar-refractivity contribution < 1.29 is 9.53 Å². The van der Waals surface area contributed by atoms with Gasteiger partial charge in [-0.15, -0.1) is 0 Å². The molecule has 0 aliphatic carbocycles. The Morgan fingerprint density at radius 3 is 2.57 bits per heavy atom. The monoisotopic (exact) mass is 289 g/mol. The van der Waals surface area contributed by atoms with Crippen molar-refractivity contribution in [3.05, 3.63) is 34.9 Å². The Bertz CT molecular complexity index is 492. The summed E-state index contributed by atoms with van der Waals surface area (Å²) in [5.74, 6) is 0.242. The molecule has 1 unspecified atom stereocenters. The molecule has 0 N–H and O–H groups in total. The van der Waals surface area contributed by atoms with Crippen LogP contribution in [0.3, 0.4) is 0 Å². The lowest BCUT2D eigenvalue weighted by molar-refractivity contribution is -0.0503. The van der Waals surface area contributed by atoms with Gasteiger partial charge < -0.3 is 9.64 Å². The molecule has 1 aliphatic rings. The van der Waals surface area contributed by atoms with Gasteiger partial charge in [-0.2, -0.15) is 0 Å². The average molecular weight is 289 g/mol. The predicted octanol–water partition coefficient (Wildman–Crippen LogP) is 3.38. The van der Waals surface area contributed by atoms with Gasteiger partial charge in [-0.1, -0.05) is 17.2 Å². The van der Waals surface area contributed by atoms with Gasteiger partial charge in [-0.05, 0) is 52.3 Å². The van der Waals surface area contributed by atoms with E-state index in [0.29, 0.717) is 6.42 Å². The van der Waals surface area contributed by atoms with E-state index in [-0.39, 0.29) is 11.4 Å². The fourth-order valence-electron chi connectivity index (χ4n) is 3.20. The summed E-state index contributed by atoms with van der Waals surface area (Å²) in [6.07, 6.45) is 2.83. The van der Waals surface area contributed by atoms with Gasteiger partial charge in [-0.3, -0.25) is 4.79 Å². The molecule has 1 aromatic rings. The number of carbonyl (C=O) groups is 1. The van der Waals surface area contributed by atoms with Gasteiger partial charge in [0, 0.05) is 32.2 Å². The average Bonchev–Trinajstić information content (AvgIpc) is 2.44. The van der Waals surface area contributed by atoms with Crippen LogP contribution in [0.25, 0.3) is 0 Å². The molecule has 0 radical (unpaired) electrons. The molecule has 1 aliphatic heterocycles. The van der Waals surface area contributed by atoms with Crippen LogP contribution < -0.4 is 0 Å². The van der Waals surface area contributed by atoms with Gasteiger partial charge in [0.05, 0.1) is 5.60 Å². The predicted molar refractivity (Wildman–Crippen MR) is 86.0 cm³/mol. The van der Waals surface area contributed by atoms with E-state index >= 15 is 0 Å². The van der Waals surface area contributed by atoms with Gasteiger partial charge in [-0.25, -0.2) is 0 Å². The molecular weight excluding hydrogens is 262 g/mol. The number of carbonyl (C=O) groups excluding carboxylic acids is 1. The van der Waals surface area contributed by atoms with Crippen LogP contribution in [0.4, 0.5) is 0 Å². The maximum Gasteiger partial charge on any atom is 0.164 e. The van der Waals surface area contributed by atoms with Crippen molar-refractivity contribution in [1.29, 1.82) is 0 Å². The lowest BCUT2D eigenvalue weighted by Crippen LogP contribution is -2.47. The second-order valence-corrected chi connectivity index (χ2v) is 6.58. The lowest BCUT2D eigenvalue weighted by atomic mass is 9.94. The first-order chi connectivity index (χ1) is 9.92. The zero-order valence-electron chi connectivity index (χ0n) is 13.7. The number of nitrogens with zero attached hydrogens (tertiary/aromatic N) is 1. The lowest BCUT2D eigenvalue weighted by Gasteiger charge is -2.39. The third-order valence-electron chi connectivity index (χ3n) is 4.43. The topological polar surface area (TPSA) is 29.5 Å². The number of methoxy groups -OCH3 is 1. The van der Waals surface area contributed by atoms with E-state index in [2.05, 4.69) is 17.9 Å². The van der Waals surface area contributed by atoms with Crippen LogP contribution >= 0.6 is 0 Å². The molecule has 1 heterocycles. The van der Waals surface area contributed by atoms with Crippen LogP contribution in [0.5, 0.6) is 0 Å². The van der Waals surface area contributed by atoms with Crippen LogP contribution in [0.2, 0.25) is 0 Å². The zero-order valence-corrected chi connectivity index (χ0v) is 13.7. The van der Waals surface area contributed by atoms with Crippen LogP contribution in [-0.4, -0.2) is 43.0 Å². The van der Waals surface area contributed by atoms with Gasteiger partial charge in [0.15, 0.2) is 5.78 Å². The van der Waals surface area contributed by atoms with Crippen molar-refractivity contribution in [1.82, 2.24) is 4.90 Å². The molecule has 0 aromatic heterocycles. The number of ether oxygens (including phenoxy) is 1. The number of piperidine rings is 1. The van der Waals surface area contributed by atoms with Gasteiger partial charge in [0.25, 0.3) is 0 Å². The zero-order chi connectivity index (χ0) is 15.5. The molecule has 1 atom stereocenters. The standard InChI is InChI=1S/C18H27NO2/c1-14-10-15(2)12-16(11-14)17(20)6-9-19-8-5-7-18(3,13-19)21-4/h10-12H,5-9,13H2,1-4H3. The highest BCUT2D eigenvalue weighted by Gasteiger charge is 2.30. The van der Waals surface area contributed by atoms with Crippen LogP contribution in [0, 0.1) is 13.8 Å². The third-order valence-corrected chi connectivity index (χ3v) is 4.43. The van der Waals surface area contributed by atoms with Crippen molar-refractivity contribution in [2.45, 2.75) is 45.6 Å². The van der Waals surface area contributed by atoms with Crippen LogP contribution in [0.15, 0.2) is 18.2 Å². The molecule has 2 rings (SSSR count). The molecule has 3 heteroatoms. The Hall–Kier alpha value is -1.19. The summed E-state index contributed by atoms with van der Waals surface area (Å²) < 4.78 is 5.61. The number of ketones is 1. The largest absolute Gasteiger partial charge is 0.377 e. The molecule has 1 saturated heterocycles. The minimum absolute atomic E-state index is 0.0543.